The molecule has 0 saturated heterocycles. The van der Waals surface area contributed by atoms with E-state index in [1.807, 2.05) is 43.1 Å². The van der Waals surface area contributed by atoms with Gasteiger partial charge < -0.3 is 9.80 Å². The lowest BCUT2D eigenvalue weighted by molar-refractivity contribution is 0.597. The van der Waals surface area contributed by atoms with E-state index in [-0.39, 0.29) is 5.75 Å². The van der Waals surface area contributed by atoms with Crippen LogP contribution >= 0.6 is 0 Å². The summed E-state index contributed by atoms with van der Waals surface area (Å²) >= 11 is 0. The average molecular weight is 334 g/mol. The fourth-order valence-electron chi connectivity index (χ4n) is 2.21. The van der Waals surface area contributed by atoms with Gasteiger partial charge in [-0.2, -0.15) is 0 Å². The standard InChI is InChI=1S/C16H22N4O2S/c1-5-23(21,22)15-9-7-6-8-14(15)20(4)12-13-10-17-16(18-11-13)19(2)3/h6-11H,5,12H2,1-4H3. The summed E-state index contributed by atoms with van der Waals surface area (Å²) in [6.45, 7) is 2.18. The van der Waals surface area contributed by atoms with Crippen LogP contribution in [0.1, 0.15) is 12.5 Å². The van der Waals surface area contributed by atoms with Gasteiger partial charge in [0.25, 0.3) is 0 Å². The van der Waals surface area contributed by atoms with Crippen molar-refractivity contribution in [3.8, 4) is 0 Å². The zero-order chi connectivity index (χ0) is 17.0. The summed E-state index contributed by atoms with van der Waals surface area (Å²) in [4.78, 5) is 12.7. The molecule has 0 atom stereocenters. The number of anilines is 2. The van der Waals surface area contributed by atoms with Crippen molar-refractivity contribution in [2.24, 2.45) is 0 Å². The van der Waals surface area contributed by atoms with Crippen LogP contribution in [0.4, 0.5) is 11.6 Å². The molecule has 0 spiro atoms. The molecule has 0 aliphatic carbocycles. The van der Waals surface area contributed by atoms with E-state index in [1.165, 1.54) is 0 Å². The molecule has 2 aromatic rings. The van der Waals surface area contributed by atoms with Gasteiger partial charge in [-0.25, -0.2) is 18.4 Å². The van der Waals surface area contributed by atoms with Crippen LogP contribution in [0.2, 0.25) is 0 Å². The van der Waals surface area contributed by atoms with Gasteiger partial charge in [-0.15, -0.1) is 0 Å². The van der Waals surface area contributed by atoms with Crippen LogP contribution < -0.4 is 9.80 Å². The minimum atomic E-state index is -3.26. The molecule has 0 N–H and O–H groups in total. The quantitative estimate of drug-likeness (QED) is 0.805. The number of hydrogen-bond donors (Lipinski definition) is 0. The zero-order valence-corrected chi connectivity index (χ0v) is 14.7. The maximum Gasteiger partial charge on any atom is 0.224 e. The van der Waals surface area contributed by atoms with Crippen molar-refractivity contribution in [1.82, 2.24) is 9.97 Å². The lowest BCUT2D eigenvalue weighted by Crippen LogP contribution is -2.20. The predicted molar refractivity (Wildman–Crippen MR) is 92.6 cm³/mol. The predicted octanol–water partition coefficient (Wildman–Crippen LogP) is 1.97. The van der Waals surface area contributed by atoms with Crippen LogP contribution in [0.5, 0.6) is 0 Å². The monoisotopic (exact) mass is 334 g/mol. The van der Waals surface area contributed by atoms with Crippen LogP contribution in [0.25, 0.3) is 0 Å². The summed E-state index contributed by atoms with van der Waals surface area (Å²) in [6, 6.07) is 7.05. The van der Waals surface area contributed by atoms with E-state index in [4.69, 9.17) is 0 Å². The van der Waals surface area contributed by atoms with Crippen molar-refractivity contribution in [3.63, 3.8) is 0 Å². The van der Waals surface area contributed by atoms with Crippen molar-refractivity contribution in [1.29, 1.82) is 0 Å². The first-order valence-corrected chi connectivity index (χ1v) is 9.01. The first kappa shape index (κ1) is 17.2. The van der Waals surface area contributed by atoms with Gasteiger partial charge in [0, 0.05) is 45.6 Å². The summed E-state index contributed by atoms with van der Waals surface area (Å²) in [5.74, 6) is 0.726. The molecule has 0 bridgehead atoms. The topological polar surface area (TPSA) is 66.4 Å². The Morgan fingerprint density at radius 2 is 1.65 bits per heavy atom. The van der Waals surface area contributed by atoms with Gasteiger partial charge >= 0.3 is 0 Å². The maximum atomic E-state index is 12.2. The number of sulfone groups is 1. The van der Waals surface area contributed by atoms with E-state index >= 15 is 0 Å². The van der Waals surface area contributed by atoms with E-state index < -0.39 is 9.84 Å². The smallest absolute Gasteiger partial charge is 0.224 e. The van der Waals surface area contributed by atoms with Crippen molar-refractivity contribution in [3.05, 3.63) is 42.2 Å². The van der Waals surface area contributed by atoms with Gasteiger partial charge in [-0.1, -0.05) is 19.1 Å². The molecule has 1 aromatic carbocycles. The molecule has 1 aromatic heterocycles. The number of nitrogens with zero attached hydrogens (tertiary/aromatic N) is 4. The van der Waals surface area contributed by atoms with Gasteiger partial charge in [0.2, 0.25) is 5.95 Å². The zero-order valence-electron chi connectivity index (χ0n) is 13.9. The molecule has 6 nitrogen and oxygen atoms in total. The molecule has 0 radical (unpaired) electrons. The van der Waals surface area contributed by atoms with Gasteiger partial charge in [-0.05, 0) is 12.1 Å². The van der Waals surface area contributed by atoms with Crippen LogP contribution in [0.15, 0.2) is 41.6 Å². The summed E-state index contributed by atoms with van der Waals surface area (Å²) in [5.41, 5.74) is 1.60. The van der Waals surface area contributed by atoms with E-state index in [1.54, 1.807) is 31.5 Å². The normalized spacial score (nSPS) is 11.3. The summed E-state index contributed by atoms with van der Waals surface area (Å²) in [6.07, 6.45) is 3.52. The minimum absolute atomic E-state index is 0.0818. The second kappa shape index (κ2) is 6.95. The molecule has 0 aliphatic rings. The second-order valence-electron chi connectivity index (χ2n) is 5.51. The second-order valence-corrected chi connectivity index (χ2v) is 7.76. The number of para-hydroxylation sites is 1. The van der Waals surface area contributed by atoms with Crippen molar-refractivity contribution in [2.75, 3.05) is 36.7 Å². The molecule has 0 aliphatic heterocycles. The molecule has 23 heavy (non-hydrogen) atoms. The third kappa shape index (κ3) is 3.98. The Kier molecular flexibility index (Phi) is 5.20. The molecule has 7 heteroatoms. The number of rotatable bonds is 6. The lowest BCUT2D eigenvalue weighted by atomic mass is 10.2. The third-order valence-corrected chi connectivity index (χ3v) is 5.28. The highest BCUT2D eigenvalue weighted by molar-refractivity contribution is 7.91. The molecule has 124 valence electrons. The van der Waals surface area contributed by atoms with Gasteiger partial charge in [0.15, 0.2) is 9.84 Å². The molecule has 0 saturated carbocycles. The highest BCUT2D eigenvalue weighted by atomic mass is 32.2. The van der Waals surface area contributed by atoms with E-state index in [2.05, 4.69) is 9.97 Å². The lowest BCUT2D eigenvalue weighted by Gasteiger charge is -2.22. The van der Waals surface area contributed by atoms with Crippen molar-refractivity contribution in [2.45, 2.75) is 18.4 Å². The molecule has 0 amide bonds. The Labute approximate surface area is 137 Å². The maximum absolute atomic E-state index is 12.2. The highest BCUT2D eigenvalue weighted by Crippen LogP contribution is 2.26. The highest BCUT2D eigenvalue weighted by Gasteiger charge is 2.18. The van der Waals surface area contributed by atoms with Crippen LogP contribution in [0.3, 0.4) is 0 Å². The summed E-state index contributed by atoms with van der Waals surface area (Å²) in [7, 11) is 2.37. The largest absolute Gasteiger partial charge is 0.369 e. The first-order chi connectivity index (χ1) is 10.8. The van der Waals surface area contributed by atoms with E-state index in [0.717, 1.165) is 5.56 Å². The van der Waals surface area contributed by atoms with Gasteiger partial charge in [0.05, 0.1) is 16.3 Å². The van der Waals surface area contributed by atoms with Gasteiger partial charge in [0.1, 0.15) is 0 Å². The van der Waals surface area contributed by atoms with Crippen LogP contribution in [-0.4, -0.2) is 45.3 Å². The minimum Gasteiger partial charge on any atom is -0.369 e. The van der Waals surface area contributed by atoms with Crippen LogP contribution in [-0.2, 0) is 16.4 Å². The summed E-state index contributed by atoms with van der Waals surface area (Å²) < 4.78 is 24.5. The molecular formula is C16H22N4O2S. The molecule has 0 unspecified atom stereocenters. The molecule has 0 fully saturated rings. The average Bonchev–Trinajstić information content (AvgIpc) is 2.55. The molecule has 1 heterocycles. The summed E-state index contributed by atoms with van der Waals surface area (Å²) in [5, 5.41) is 0. The van der Waals surface area contributed by atoms with Gasteiger partial charge in [-0.3, -0.25) is 0 Å². The number of hydrogen-bond acceptors (Lipinski definition) is 6. The number of aromatic nitrogens is 2. The third-order valence-electron chi connectivity index (χ3n) is 3.50. The SMILES string of the molecule is CCS(=O)(=O)c1ccccc1N(C)Cc1cnc(N(C)C)nc1. The van der Waals surface area contributed by atoms with Crippen molar-refractivity contribution >= 4 is 21.5 Å². The molecular weight excluding hydrogens is 312 g/mol. The van der Waals surface area contributed by atoms with Crippen LogP contribution in [0, 0.1) is 0 Å². The fraction of sp³-hybridized carbons (Fsp3) is 0.375. The molecule has 2 rings (SSSR count). The Hall–Kier alpha value is -2.15. The Bertz CT molecular complexity index is 758. The Balaban J connectivity index is 2.26. The number of benzene rings is 1. The first-order valence-electron chi connectivity index (χ1n) is 7.36. The van der Waals surface area contributed by atoms with E-state index in [9.17, 15) is 8.42 Å². The van der Waals surface area contributed by atoms with Crippen molar-refractivity contribution < 1.29 is 8.42 Å². The fourth-order valence-corrected chi connectivity index (χ4v) is 3.35. The Morgan fingerprint density at radius 3 is 2.22 bits per heavy atom. The Morgan fingerprint density at radius 1 is 1.04 bits per heavy atom. The van der Waals surface area contributed by atoms with E-state index in [0.29, 0.717) is 23.1 Å².